The Labute approximate surface area is 149 Å². The summed E-state index contributed by atoms with van der Waals surface area (Å²) in [5, 5.41) is 0. The van der Waals surface area contributed by atoms with Gasteiger partial charge in [-0.25, -0.2) is 4.39 Å². The van der Waals surface area contributed by atoms with E-state index in [4.69, 9.17) is 0 Å². The van der Waals surface area contributed by atoms with Crippen LogP contribution in [-0.4, -0.2) is 30.4 Å². The van der Waals surface area contributed by atoms with E-state index in [1.54, 1.807) is 0 Å². The first kappa shape index (κ1) is 17.6. The molecular formula is C21H25FN2O. The van der Waals surface area contributed by atoms with Crippen molar-refractivity contribution in [3.63, 3.8) is 0 Å². The zero-order valence-corrected chi connectivity index (χ0v) is 14.9. The van der Waals surface area contributed by atoms with Crippen LogP contribution in [0.1, 0.15) is 36.9 Å². The van der Waals surface area contributed by atoms with Crippen LogP contribution in [0.3, 0.4) is 0 Å². The lowest BCUT2D eigenvalue weighted by molar-refractivity contribution is -0.119. The second-order valence-corrected chi connectivity index (χ2v) is 6.60. The molecule has 0 saturated carbocycles. The van der Waals surface area contributed by atoms with Gasteiger partial charge in [-0.3, -0.25) is 9.69 Å². The average molecular weight is 340 g/mol. The Morgan fingerprint density at radius 1 is 1.20 bits per heavy atom. The molecule has 1 heterocycles. The standard InChI is InChI=1S/C21H25FN2O/c1-3-24(19-8-5-4-7-16(19)2)21(25)15-23-14-6-9-20(23)17-10-12-18(22)13-11-17/h4-5,7-8,10-13,20H,3,6,9,14-15H2,1-2H3/t20-/m0/s1. The second-order valence-electron chi connectivity index (χ2n) is 6.60. The van der Waals surface area contributed by atoms with Crippen molar-refractivity contribution in [2.24, 2.45) is 0 Å². The highest BCUT2D eigenvalue weighted by Crippen LogP contribution is 2.32. The van der Waals surface area contributed by atoms with Gasteiger partial charge in [0, 0.05) is 18.3 Å². The van der Waals surface area contributed by atoms with Crippen molar-refractivity contribution in [1.29, 1.82) is 0 Å². The third-order valence-electron chi connectivity index (χ3n) is 4.98. The lowest BCUT2D eigenvalue weighted by Crippen LogP contribution is -2.40. The molecule has 1 aliphatic heterocycles. The van der Waals surface area contributed by atoms with Gasteiger partial charge >= 0.3 is 0 Å². The summed E-state index contributed by atoms with van der Waals surface area (Å²) in [4.78, 5) is 17.0. The topological polar surface area (TPSA) is 23.6 Å². The number of carbonyl (C=O) groups is 1. The molecule has 1 saturated heterocycles. The minimum Gasteiger partial charge on any atom is -0.311 e. The van der Waals surface area contributed by atoms with E-state index in [1.165, 1.54) is 12.1 Å². The maximum atomic E-state index is 13.2. The maximum Gasteiger partial charge on any atom is 0.241 e. The summed E-state index contributed by atoms with van der Waals surface area (Å²) in [7, 11) is 0. The summed E-state index contributed by atoms with van der Waals surface area (Å²) in [5.41, 5.74) is 3.17. The molecule has 0 bridgehead atoms. The van der Waals surface area contributed by atoms with Crippen molar-refractivity contribution >= 4 is 11.6 Å². The summed E-state index contributed by atoms with van der Waals surface area (Å²) >= 11 is 0. The molecule has 3 rings (SSSR count). The highest BCUT2D eigenvalue weighted by atomic mass is 19.1. The number of hydrogen-bond donors (Lipinski definition) is 0. The molecule has 0 aromatic heterocycles. The molecule has 0 radical (unpaired) electrons. The molecule has 1 aliphatic rings. The molecule has 0 spiro atoms. The van der Waals surface area contributed by atoms with Gasteiger partial charge in [0.1, 0.15) is 5.82 Å². The average Bonchev–Trinajstić information content (AvgIpc) is 3.06. The molecule has 132 valence electrons. The first-order chi connectivity index (χ1) is 12.1. The lowest BCUT2D eigenvalue weighted by Gasteiger charge is -2.29. The number of benzene rings is 2. The Kier molecular flexibility index (Phi) is 5.49. The van der Waals surface area contributed by atoms with E-state index in [0.717, 1.165) is 36.2 Å². The van der Waals surface area contributed by atoms with Crippen LogP contribution in [-0.2, 0) is 4.79 Å². The van der Waals surface area contributed by atoms with Crippen molar-refractivity contribution < 1.29 is 9.18 Å². The van der Waals surface area contributed by atoms with E-state index in [2.05, 4.69) is 4.90 Å². The van der Waals surface area contributed by atoms with Gasteiger partial charge < -0.3 is 4.90 Å². The third kappa shape index (κ3) is 3.90. The van der Waals surface area contributed by atoms with Gasteiger partial charge in [-0.1, -0.05) is 30.3 Å². The van der Waals surface area contributed by atoms with Crippen molar-refractivity contribution in [3.8, 4) is 0 Å². The molecule has 1 atom stereocenters. The molecule has 2 aromatic rings. The Hall–Kier alpha value is -2.20. The molecule has 2 aromatic carbocycles. The number of carbonyl (C=O) groups excluding carboxylic acids is 1. The number of rotatable bonds is 5. The first-order valence-corrected chi connectivity index (χ1v) is 8.95. The summed E-state index contributed by atoms with van der Waals surface area (Å²) in [6.45, 7) is 5.98. The number of amides is 1. The van der Waals surface area contributed by atoms with Crippen LogP contribution >= 0.6 is 0 Å². The van der Waals surface area contributed by atoms with Gasteiger partial charge in [-0.15, -0.1) is 0 Å². The van der Waals surface area contributed by atoms with E-state index in [1.807, 2.05) is 55.1 Å². The summed E-state index contributed by atoms with van der Waals surface area (Å²) in [6.07, 6.45) is 2.07. The van der Waals surface area contributed by atoms with Crippen molar-refractivity contribution in [2.75, 3.05) is 24.5 Å². The number of aryl methyl sites for hydroxylation is 1. The fraction of sp³-hybridized carbons (Fsp3) is 0.381. The molecule has 0 unspecified atom stereocenters. The fourth-order valence-corrected chi connectivity index (χ4v) is 3.68. The first-order valence-electron chi connectivity index (χ1n) is 8.95. The van der Waals surface area contributed by atoms with Crippen LogP contribution in [0.2, 0.25) is 0 Å². The number of halogens is 1. The zero-order valence-electron chi connectivity index (χ0n) is 14.9. The highest BCUT2D eigenvalue weighted by Gasteiger charge is 2.29. The van der Waals surface area contributed by atoms with Crippen LogP contribution in [0.4, 0.5) is 10.1 Å². The van der Waals surface area contributed by atoms with E-state index in [0.29, 0.717) is 13.1 Å². The van der Waals surface area contributed by atoms with E-state index >= 15 is 0 Å². The van der Waals surface area contributed by atoms with Crippen molar-refractivity contribution in [2.45, 2.75) is 32.7 Å². The van der Waals surface area contributed by atoms with Crippen LogP contribution in [0.15, 0.2) is 48.5 Å². The maximum absolute atomic E-state index is 13.2. The predicted molar refractivity (Wildman–Crippen MR) is 99.2 cm³/mol. The van der Waals surface area contributed by atoms with Crippen LogP contribution < -0.4 is 4.90 Å². The normalized spacial score (nSPS) is 17.6. The minimum absolute atomic E-state index is 0.116. The van der Waals surface area contributed by atoms with Crippen LogP contribution in [0.5, 0.6) is 0 Å². The number of likely N-dealkylation sites (tertiary alicyclic amines) is 1. The fourth-order valence-electron chi connectivity index (χ4n) is 3.68. The summed E-state index contributed by atoms with van der Waals surface area (Å²) < 4.78 is 13.2. The van der Waals surface area contributed by atoms with E-state index < -0.39 is 0 Å². The quantitative estimate of drug-likeness (QED) is 0.809. The number of likely N-dealkylation sites (N-methyl/N-ethyl adjacent to an activating group) is 1. The Morgan fingerprint density at radius 3 is 2.60 bits per heavy atom. The number of nitrogens with zero attached hydrogens (tertiary/aromatic N) is 2. The van der Waals surface area contributed by atoms with Gasteiger partial charge in [-0.05, 0) is 62.6 Å². The van der Waals surface area contributed by atoms with Gasteiger partial charge in [0.25, 0.3) is 0 Å². The van der Waals surface area contributed by atoms with Gasteiger partial charge in [-0.2, -0.15) is 0 Å². The lowest BCUT2D eigenvalue weighted by atomic mass is 10.0. The SMILES string of the molecule is CCN(C(=O)CN1CCC[C@H]1c1ccc(F)cc1)c1ccccc1C. The summed E-state index contributed by atoms with van der Waals surface area (Å²) in [6, 6.07) is 14.8. The van der Waals surface area contributed by atoms with Gasteiger partial charge in [0.2, 0.25) is 5.91 Å². The second kappa shape index (κ2) is 7.79. The molecule has 0 N–H and O–H groups in total. The molecule has 1 fully saturated rings. The van der Waals surface area contributed by atoms with Crippen LogP contribution in [0.25, 0.3) is 0 Å². The Morgan fingerprint density at radius 2 is 1.92 bits per heavy atom. The number of anilines is 1. The van der Waals surface area contributed by atoms with E-state index in [9.17, 15) is 9.18 Å². The van der Waals surface area contributed by atoms with Crippen molar-refractivity contribution in [1.82, 2.24) is 4.90 Å². The molecule has 1 amide bonds. The molecular weight excluding hydrogens is 315 g/mol. The zero-order chi connectivity index (χ0) is 17.8. The van der Waals surface area contributed by atoms with Gasteiger partial charge in [0.15, 0.2) is 0 Å². The highest BCUT2D eigenvalue weighted by molar-refractivity contribution is 5.95. The Bertz CT molecular complexity index is 729. The predicted octanol–water partition coefficient (Wildman–Crippen LogP) is 4.32. The largest absolute Gasteiger partial charge is 0.311 e. The molecule has 25 heavy (non-hydrogen) atoms. The van der Waals surface area contributed by atoms with Crippen molar-refractivity contribution in [3.05, 3.63) is 65.5 Å². The van der Waals surface area contributed by atoms with Gasteiger partial charge in [0.05, 0.1) is 6.54 Å². The van der Waals surface area contributed by atoms with Crippen LogP contribution in [0, 0.1) is 12.7 Å². The monoisotopic (exact) mass is 340 g/mol. The third-order valence-corrected chi connectivity index (χ3v) is 4.98. The smallest absolute Gasteiger partial charge is 0.241 e. The Balaban J connectivity index is 1.74. The number of hydrogen-bond acceptors (Lipinski definition) is 2. The number of para-hydroxylation sites is 1. The molecule has 4 heteroatoms. The van der Waals surface area contributed by atoms with E-state index in [-0.39, 0.29) is 17.8 Å². The summed E-state index contributed by atoms with van der Waals surface area (Å²) in [5.74, 6) is -0.105. The molecule has 3 nitrogen and oxygen atoms in total. The molecule has 0 aliphatic carbocycles. The minimum atomic E-state index is -0.221.